The Morgan fingerprint density at radius 2 is 2.20 bits per heavy atom. The molecule has 6 nitrogen and oxygen atoms in total. The van der Waals surface area contributed by atoms with Crippen LogP contribution in [0.15, 0.2) is 35.8 Å². The van der Waals surface area contributed by atoms with Gasteiger partial charge in [-0.1, -0.05) is 6.08 Å². The summed E-state index contributed by atoms with van der Waals surface area (Å²) in [6.07, 6.45) is -2.85. The minimum absolute atomic E-state index is 0.0278. The van der Waals surface area contributed by atoms with Gasteiger partial charge in [-0.15, -0.1) is 19.8 Å². The van der Waals surface area contributed by atoms with Gasteiger partial charge in [0.1, 0.15) is 6.61 Å². The first kappa shape index (κ1) is 18.6. The zero-order valence-corrected chi connectivity index (χ0v) is 13.3. The summed E-state index contributed by atoms with van der Waals surface area (Å²) in [5, 5.41) is 0. The molecular formula is C16H16F3NO5. The number of halogens is 3. The van der Waals surface area contributed by atoms with Crippen LogP contribution >= 0.6 is 0 Å². The van der Waals surface area contributed by atoms with E-state index < -0.39 is 24.1 Å². The topological polar surface area (TPSA) is 66.4 Å². The van der Waals surface area contributed by atoms with Gasteiger partial charge in [0.2, 0.25) is 5.90 Å². The summed E-state index contributed by atoms with van der Waals surface area (Å²) in [5.74, 6) is -1.17. The Balaban J connectivity index is 2.26. The van der Waals surface area contributed by atoms with Crippen LogP contribution in [-0.4, -0.2) is 44.6 Å². The largest absolute Gasteiger partial charge is 0.573 e. The average Bonchev–Trinajstić information content (AvgIpc) is 3.04. The van der Waals surface area contributed by atoms with Crippen LogP contribution in [0.1, 0.15) is 12.0 Å². The van der Waals surface area contributed by atoms with Gasteiger partial charge in [0.25, 0.3) is 0 Å². The number of carbonyl (C=O) groups is 1. The second-order valence-electron chi connectivity index (χ2n) is 4.92. The molecule has 0 saturated carbocycles. The van der Waals surface area contributed by atoms with Crippen molar-refractivity contribution in [1.29, 1.82) is 0 Å². The van der Waals surface area contributed by atoms with Crippen LogP contribution in [0.25, 0.3) is 0 Å². The number of rotatable bonds is 7. The van der Waals surface area contributed by atoms with Gasteiger partial charge in [-0.3, -0.25) is 0 Å². The molecule has 136 valence electrons. The number of aliphatic imine (C=N–C) groups is 1. The van der Waals surface area contributed by atoms with Gasteiger partial charge >= 0.3 is 12.3 Å². The van der Waals surface area contributed by atoms with Crippen LogP contribution in [0.3, 0.4) is 0 Å². The highest BCUT2D eigenvalue weighted by atomic mass is 19.4. The van der Waals surface area contributed by atoms with E-state index in [1.54, 1.807) is 6.08 Å². The molecule has 0 aliphatic carbocycles. The van der Waals surface area contributed by atoms with E-state index in [4.69, 9.17) is 9.47 Å². The highest BCUT2D eigenvalue weighted by Crippen LogP contribution is 2.34. The molecule has 1 aliphatic heterocycles. The third-order valence-electron chi connectivity index (χ3n) is 3.12. The molecule has 0 fully saturated rings. The van der Waals surface area contributed by atoms with Crippen molar-refractivity contribution in [2.45, 2.75) is 18.8 Å². The van der Waals surface area contributed by atoms with E-state index in [2.05, 4.69) is 21.0 Å². The molecule has 0 unspecified atom stereocenters. The molecule has 0 saturated heterocycles. The van der Waals surface area contributed by atoms with E-state index in [9.17, 15) is 18.0 Å². The maximum Gasteiger partial charge on any atom is 0.573 e. The standard InChI is InChI=1S/C16H16F3NO5/c1-3-4-7-23-12-6-5-10(8-13(12)25-16(17,18)19)14-20-11(9-24-14)15(21)22-2/h3,5-6,8,11H,1,4,7,9H2,2H3/t11-/m1/s1. The average molecular weight is 359 g/mol. The third kappa shape index (κ3) is 5.13. The number of esters is 1. The minimum Gasteiger partial charge on any atom is -0.489 e. The summed E-state index contributed by atoms with van der Waals surface area (Å²) >= 11 is 0. The van der Waals surface area contributed by atoms with Crippen molar-refractivity contribution in [2.24, 2.45) is 4.99 Å². The van der Waals surface area contributed by atoms with E-state index in [1.807, 2.05) is 0 Å². The van der Waals surface area contributed by atoms with Crippen molar-refractivity contribution in [3.63, 3.8) is 0 Å². The molecule has 1 aliphatic rings. The molecule has 0 amide bonds. The summed E-state index contributed by atoms with van der Waals surface area (Å²) < 4.78 is 56.9. The van der Waals surface area contributed by atoms with Crippen LogP contribution in [0.4, 0.5) is 13.2 Å². The van der Waals surface area contributed by atoms with Gasteiger partial charge < -0.3 is 18.9 Å². The third-order valence-corrected chi connectivity index (χ3v) is 3.12. The summed E-state index contributed by atoms with van der Waals surface area (Å²) in [6.45, 7) is 3.61. The Hall–Kier alpha value is -2.71. The number of methoxy groups -OCH3 is 1. The predicted octanol–water partition coefficient (Wildman–Crippen LogP) is 2.86. The van der Waals surface area contributed by atoms with Gasteiger partial charge in [0, 0.05) is 5.56 Å². The number of alkyl halides is 3. The molecule has 0 bridgehead atoms. The van der Waals surface area contributed by atoms with E-state index in [1.165, 1.54) is 19.2 Å². The maximum absolute atomic E-state index is 12.6. The molecule has 0 radical (unpaired) electrons. The summed E-state index contributed by atoms with van der Waals surface area (Å²) in [4.78, 5) is 15.4. The molecule has 0 aromatic heterocycles. The van der Waals surface area contributed by atoms with E-state index >= 15 is 0 Å². The first-order chi connectivity index (χ1) is 11.8. The quantitative estimate of drug-likeness (QED) is 0.425. The van der Waals surface area contributed by atoms with Crippen molar-refractivity contribution in [1.82, 2.24) is 0 Å². The molecule has 1 aromatic carbocycles. The van der Waals surface area contributed by atoms with Crippen molar-refractivity contribution in [2.75, 3.05) is 20.3 Å². The molecule has 25 heavy (non-hydrogen) atoms. The Bertz CT molecular complexity index is 672. The second kappa shape index (κ2) is 7.91. The second-order valence-corrected chi connectivity index (χ2v) is 4.92. The smallest absolute Gasteiger partial charge is 0.489 e. The first-order valence-electron chi connectivity index (χ1n) is 7.26. The van der Waals surface area contributed by atoms with Crippen LogP contribution in [0.2, 0.25) is 0 Å². The van der Waals surface area contributed by atoms with Gasteiger partial charge in [-0.2, -0.15) is 0 Å². The van der Waals surface area contributed by atoms with Crippen LogP contribution in [-0.2, 0) is 14.3 Å². The van der Waals surface area contributed by atoms with Crippen molar-refractivity contribution in [3.05, 3.63) is 36.4 Å². The summed E-state index contributed by atoms with van der Waals surface area (Å²) in [5.41, 5.74) is 0.224. The normalized spacial score (nSPS) is 16.6. The van der Waals surface area contributed by atoms with Gasteiger partial charge in [-0.25, -0.2) is 9.79 Å². The SMILES string of the molecule is C=CCCOc1ccc(C2=N[C@@H](C(=O)OC)CO2)cc1OC(F)(F)F. The minimum atomic E-state index is -4.89. The zero-order chi connectivity index (χ0) is 18.4. The molecule has 2 rings (SSSR count). The molecule has 0 spiro atoms. The fourth-order valence-electron chi connectivity index (χ4n) is 2.01. The van der Waals surface area contributed by atoms with Gasteiger partial charge in [-0.05, 0) is 24.6 Å². The number of carbonyl (C=O) groups excluding carboxylic acids is 1. The fraction of sp³-hybridized carbons (Fsp3) is 0.375. The predicted molar refractivity (Wildman–Crippen MR) is 81.7 cm³/mol. The van der Waals surface area contributed by atoms with E-state index in [-0.39, 0.29) is 30.4 Å². The summed E-state index contributed by atoms with van der Waals surface area (Å²) in [6, 6.07) is 3.02. The Kier molecular flexibility index (Phi) is 5.89. The number of benzene rings is 1. The molecule has 9 heteroatoms. The van der Waals surface area contributed by atoms with Crippen molar-refractivity contribution >= 4 is 11.9 Å². The van der Waals surface area contributed by atoms with Crippen molar-refractivity contribution < 1.29 is 36.9 Å². The molecular weight excluding hydrogens is 343 g/mol. The monoisotopic (exact) mass is 359 g/mol. The lowest BCUT2D eigenvalue weighted by Gasteiger charge is -2.15. The van der Waals surface area contributed by atoms with Gasteiger partial charge in [0.05, 0.1) is 13.7 Å². The molecule has 1 atom stereocenters. The van der Waals surface area contributed by atoms with Crippen LogP contribution < -0.4 is 9.47 Å². The molecule has 1 heterocycles. The zero-order valence-electron chi connectivity index (χ0n) is 13.3. The Morgan fingerprint density at radius 3 is 2.84 bits per heavy atom. The lowest BCUT2D eigenvalue weighted by atomic mass is 10.2. The van der Waals surface area contributed by atoms with Crippen LogP contribution in [0.5, 0.6) is 11.5 Å². The van der Waals surface area contributed by atoms with Gasteiger partial charge in [0.15, 0.2) is 17.5 Å². The summed E-state index contributed by atoms with van der Waals surface area (Å²) in [7, 11) is 1.21. The van der Waals surface area contributed by atoms with E-state index in [0.717, 1.165) is 6.07 Å². The van der Waals surface area contributed by atoms with Crippen LogP contribution in [0, 0.1) is 0 Å². The maximum atomic E-state index is 12.6. The molecule has 0 N–H and O–H groups in total. The fourth-order valence-corrected chi connectivity index (χ4v) is 2.01. The first-order valence-corrected chi connectivity index (χ1v) is 7.26. The highest BCUT2D eigenvalue weighted by Gasteiger charge is 2.33. The number of nitrogens with zero attached hydrogens (tertiary/aromatic N) is 1. The highest BCUT2D eigenvalue weighted by molar-refractivity contribution is 5.98. The number of ether oxygens (including phenoxy) is 4. The number of hydrogen-bond acceptors (Lipinski definition) is 6. The van der Waals surface area contributed by atoms with E-state index in [0.29, 0.717) is 6.42 Å². The molecule has 1 aromatic rings. The van der Waals surface area contributed by atoms with Crippen molar-refractivity contribution in [3.8, 4) is 11.5 Å². The number of hydrogen-bond donors (Lipinski definition) is 0. The lowest BCUT2D eigenvalue weighted by molar-refractivity contribution is -0.275. The lowest BCUT2D eigenvalue weighted by Crippen LogP contribution is -2.21. The Morgan fingerprint density at radius 1 is 1.44 bits per heavy atom. The Labute approximate surface area is 141 Å².